The number of imide groups is 1. The minimum atomic E-state index is -0.399. The molecule has 0 aromatic heterocycles. The van der Waals surface area contributed by atoms with Gasteiger partial charge in [0.2, 0.25) is 11.8 Å². The van der Waals surface area contributed by atoms with Crippen molar-refractivity contribution in [1.29, 1.82) is 0 Å². The number of benzene rings is 1. The summed E-state index contributed by atoms with van der Waals surface area (Å²) in [6.07, 6.45) is 5.49. The number of anilines is 1. The number of carbonyl (C=O) groups is 3. The molecule has 2 saturated carbocycles. The number of carbonyl (C=O) groups excluding carboxylic acids is 3. The zero-order valence-electron chi connectivity index (χ0n) is 13.9. The Labute approximate surface area is 145 Å². The lowest BCUT2D eigenvalue weighted by atomic mass is 9.63. The molecule has 5 nitrogen and oxygen atoms in total. The van der Waals surface area contributed by atoms with Gasteiger partial charge in [-0.15, -0.1) is 0 Å². The molecule has 3 fully saturated rings. The summed E-state index contributed by atoms with van der Waals surface area (Å²) in [7, 11) is 0. The van der Waals surface area contributed by atoms with Gasteiger partial charge in [0.05, 0.1) is 29.7 Å². The molecule has 2 bridgehead atoms. The lowest BCUT2D eigenvalue weighted by molar-refractivity contribution is -0.124. The molecule has 4 aliphatic carbocycles. The first kappa shape index (κ1) is 14.9. The number of nitrogens with zero attached hydrogens (tertiary/aromatic N) is 1. The Morgan fingerprint density at radius 2 is 1.60 bits per heavy atom. The van der Waals surface area contributed by atoms with Crippen LogP contribution < -0.4 is 4.90 Å². The van der Waals surface area contributed by atoms with Gasteiger partial charge in [-0.25, -0.2) is 4.79 Å². The van der Waals surface area contributed by atoms with Crippen LogP contribution in [0.5, 0.6) is 0 Å². The fourth-order valence-electron chi connectivity index (χ4n) is 5.17. The van der Waals surface area contributed by atoms with Gasteiger partial charge in [-0.1, -0.05) is 12.2 Å². The van der Waals surface area contributed by atoms with E-state index in [-0.39, 0.29) is 35.5 Å². The van der Waals surface area contributed by atoms with Gasteiger partial charge in [-0.05, 0) is 61.3 Å². The molecule has 5 aliphatic rings. The van der Waals surface area contributed by atoms with Crippen LogP contribution in [0, 0.1) is 35.5 Å². The van der Waals surface area contributed by atoms with Gasteiger partial charge < -0.3 is 4.74 Å². The van der Waals surface area contributed by atoms with Gasteiger partial charge in [0.15, 0.2) is 0 Å². The van der Waals surface area contributed by atoms with Crippen molar-refractivity contribution < 1.29 is 19.1 Å². The smallest absolute Gasteiger partial charge is 0.338 e. The van der Waals surface area contributed by atoms with Crippen molar-refractivity contribution >= 4 is 23.5 Å². The summed E-state index contributed by atoms with van der Waals surface area (Å²) in [4.78, 5) is 39.1. The molecule has 6 unspecified atom stereocenters. The topological polar surface area (TPSA) is 63.7 Å². The number of hydrogen-bond donors (Lipinski definition) is 0. The van der Waals surface area contributed by atoms with Crippen LogP contribution in [0.25, 0.3) is 0 Å². The van der Waals surface area contributed by atoms with E-state index in [0.29, 0.717) is 29.7 Å². The summed E-state index contributed by atoms with van der Waals surface area (Å²) < 4.78 is 4.97. The van der Waals surface area contributed by atoms with E-state index in [9.17, 15) is 14.4 Å². The van der Waals surface area contributed by atoms with Crippen molar-refractivity contribution in [2.75, 3.05) is 11.5 Å². The first-order chi connectivity index (χ1) is 12.1. The lowest BCUT2D eigenvalue weighted by Crippen LogP contribution is -2.40. The highest BCUT2D eigenvalue weighted by Gasteiger charge is 2.67. The molecular formula is C20H19NO4. The van der Waals surface area contributed by atoms with Crippen LogP contribution in [-0.4, -0.2) is 24.4 Å². The molecular weight excluding hydrogens is 318 g/mol. The maximum atomic E-state index is 13.0. The SMILES string of the molecule is CCOC(=O)c1ccc(N2C(=O)C3C4C=CC(C5CC45)C3C2=O)cc1. The normalized spacial score (nSPS) is 37.1. The quantitative estimate of drug-likeness (QED) is 0.483. The zero-order chi connectivity index (χ0) is 17.3. The second kappa shape index (κ2) is 5.04. The minimum absolute atomic E-state index is 0.0800. The van der Waals surface area contributed by atoms with Crippen molar-refractivity contribution in [2.24, 2.45) is 35.5 Å². The molecule has 1 aromatic rings. The Bertz CT molecular complexity index is 775. The van der Waals surface area contributed by atoms with Gasteiger partial charge >= 0.3 is 5.97 Å². The Balaban J connectivity index is 1.45. The van der Waals surface area contributed by atoms with Crippen LogP contribution in [0.2, 0.25) is 0 Å². The highest BCUT2D eigenvalue weighted by atomic mass is 16.5. The van der Waals surface area contributed by atoms with Crippen molar-refractivity contribution in [3.8, 4) is 0 Å². The van der Waals surface area contributed by atoms with E-state index < -0.39 is 5.97 Å². The van der Waals surface area contributed by atoms with Crippen LogP contribution in [-0.2, 0) is 14.3 Å². The third-order valence-electron chi connectivity index (χ3n) is 6.30. The molecule has 6 atom stereocenters. The third-order valence-corrected chi connectivity index (χ3v) is 6.30. The molecule has 6 rings (SSSR count). The summed E-state index contributed by atoms with van der Waals surface area (Å²) in [5, 5.41) is 0. The van der Waals surface area contributed by atoms with E-state index in [1.807, 2.05) is 0 Å². The molecule has 128 valence electrons. The lowest BCUT2D eigenvalue weighted by Gasteiger charge is -2.37. The molecule has 2 amide bonds. The van der Waals surface area contributed by atoms with Gasteiger partial charge in [0, 0.05) is 0 Å². The van der Waals surface area contributed by atoms with Gasteiger partial charge in [-0.3, -0.25) is 14.5 Å². The van der Waals surface area contributed by atoms with Crippen LogP contribution in [0.4, 0.5) is 5.69 Å². The Hall–Kier alpha value is -2.43. The molecule has 1 aliphatic heterocycles. The fourth-order valence-corrected chi connectivity index (χ4v) is 5.17. The molecule has 0 radical (unpaired) electrons. The monoisotopic (exact) mass is 337 g/mol. The largest absolute Gasteiger partial charge is 0.462 e. The maximum Gasteiger partial charge on any atom is 0.338 e. The van der Waals surface area contributed by atoms with E-state index in [1.54, 1.807) is 31.2 Å². The maximum absolute atomic E-state index is 13.0. The van der Waals surface area contributed by atoms with Crippen molar-refractivity contribution in [2.45, 2.75) is 13.3 Å². The first-order valence-electron chi connectivity index (χ1n) is 8.95. The van der Waals surface area contributed by atoms with Crippen LogP contribution in [0.15, 0.2) is 36.4 Å². The molecule has 0 N–H and O–H groups in total. The number of ether oxygens (including phenoxy) is 1. The van der Waals surface area contributed by atoms with Crippen LogP contribution in [0.3, 0.4) is 0 Å². The van der Waals surface area contributed by atoms with E-state index in [1.165, 1.54) is 4.90 Å². The second-order valence-electron chi connectivity index (χ2n) is 7.43. The second-order valence-corrected chi connectivity index (χ2v) is 7.43. The number of rotatable bonds is 3. The van der Waals surface area contributed by atoms with Gasteiger partial charge in [0.1, 0.15) is 0 Å². The van der Waals surface area contributed by atoms with Crippen molar-refractivity contribution in [1.82, 2.24) is 0 Å². The van der Waals surface area contributed by atoms with E-state index in [4.69, 9.17) is 4.74 Å². The summed E-state index contributed by atoms with van der Waals surface area (Å²) in [5.41, 5.74) is 0.968. The van der Waals surface area contributed by atoms with Gasteiger partial charge in [-0.2, -0.15) is 0 Å². The average Bonchev–Trinajstić information content (AvgIpc) is 3.40. The Morgan fingerprint density at radius 3 is 2.12 bits per heavy atom. The molecule has 1 saturated heterocycles. The summed E-state index contributed by atoms with van der Waals surface area (Å²) in [6.45, 7) is 2.06. The number of esters is 1. The standard InChI is InChI=1S/C20H19NO4/c1-2-25-20(24)10-3-5-11(6-4-10)21-18(22)16-12-7-8-13(15-9-14(12)15)17(16)19(21)23/h3-8,12-17H,2,9H2,1H3. The predicted molar refractivity (Wildman–Crippen MR) is 89.6 cm³/mol. The third kappa shape index (κ3) is 1.92. The van der Waals surface area contributed by atoms with E-state index in [2.05, 4.69) is 12.2 Å². The van der Waals surface area contributed by atoms with Crippen molar-refractivity contribution in [3.63, 3.8) is 0 Å². The predicted octanol–water partition coefficient (Wildman–Crippen LogP) is 2.42. The average molecular weight is 337 g/mol. The molecule has 25 heavy (non-hydrogen) atoms. The molecule has 5 heteroatoms. The highest BCUT2D eigenvalue weighted by Crippen LogP contribution is 2.65. The molecule has 1 heterocycles. The van der Waals surface area contributed by atoms with Crippen LogP contribution >= 0.6 is 0 Å². The van der Waals surface area contributed by atoms with Crippen molar-refractivity contribution in [3.05, 3.63) is 42.0 Å². The zero-order valence-corrected chi connectivity index (χ0v) is 13.9. The number of amides is 2. The number of hydrogen-bond acceptors (Lipinski definition) is 4. The minimum Gasteiger partial charge on any atom is -0.462 e. The van der Waals surface area contributed by atoms with Gasteiger partial charge in [0.25, 0.3) is 0 Å². The fraction of sp³-hybridized carbons (Fsp3) is 0.450. The summed E-state index contributed by atoms with van der Waals surface area (Å²) in [6, 6.07) is 6.55. The van der Waals surface area contributed by atoms with E-state index >= 15 is 0 Å². The van der Waals surface area contributed by atoms with E-state index in [0.717, 1.165) is 6.42 Å². The molecule has 1 aromatic carbocycles. The number of allylic oxidation sites excluding steroid dienone is 2. The highest BCUT2D eigenvalue weighted by molar-refractivity contribution is 6.22. The Kier molecular flexibility index (Phi) is 3.00. The first-order valence-corrected chi connectivity index (χ1v) is 8.95. The molecule has 0 spiro atoms. The summed E-state index contributed by atoms with van der Waals surface area (Å²) >= 11 is 0. The Morgan fingerprint density at radius 1 is 1.04 bits per heavy atom. The van der Waals surface area contributed by atoms with Crippen LogP contribution in [0.1, 0.15) is 23.7 Å². The summed E-state index contributed by atoms with van der Waals surface area (Å²) in [5.74, 6) is 0.682.